The summed E-state index contributed by atoms with van der Waals surface area (Å²) in [5.41, 5.74) is 3.94. The monoisotopic (exact) mass is 774 g/mol. The fourth-order valence-corrected chi connectivity index (χ4v) is 5.05. The van der Waals surface area contributed by atoms with Crippen LogP contribution in [0.4, 0.5) is 0 Å². The average Bonchev–Trinajstić information content (AvgIpc) is 3.13. The summed E-state index contributed by atoms with van der Waals surface area (Å²) < 4.78 is 32.6. The highest BCUT2D eigenvalue weighted by Gasteiger charge is 2.39. The number of Topliss-reactive ketones (excluding diaryl/α,β-unsaturated/α-hetero) is 1. The van der Waals surface area contributed by atoms with Crippen molar-refractivity contribution in [2.24, 2.45) is 11.7 Å². The number of amides is 2. The maximum absolute atomic E-state index is 12.4. The van der Waals surface area contributed by atoms with Crippen molar-refractivity contribution in [2.45, 2.75) is 129 Å². The van der Waals surface area contributed by atoms with Crippen LogP contribution in [0.3, 0.4) is 0 Å². The lowest BCUT2D eigenvalue weighted by atomic mass is 9.95. The van der Waals surface area contributed by atoms with Gasteiger partial charge < -0.3 is 49.9 Å². The highest BCUT2D eigenvalue weighted by atomic mass is 16.6. The Morgan fingerprint density at radius 1 is 0.648 bits per heavy atom. The van der Waals surface area contributed by atoms with E-state index in [4.69, 9.17) is 34.2 Å². The summed E-state index contributed by atoms with van der Waals surface area (Å²) in [4.78, 5) is 48.0. The molecule has 0 aliphatic rings. The predicted octanol–water partition coefficient (Wildman–Crippen LogP) is 4.75. The first-order valence-corrected chi connectivity index (χ1v) is 20.3. The van der Waals surface area contributed by atoms with Gasteiger partial charge in [-0.05, 0) is 44.9 Å². The second-order valence-electron chi connectivity index (χ2n) is 14.0. The van der Waals surface area contributed by atoms with Crippen LogP contribution in [0.2, 0.25) is 0 Å². The molecule has 0 aromatic heterocycles. The van der Waals surface area contributed by atoms with Crippen LogP contribution in [0.5, 0.6) is 0 Å². The normalized spacial score (nSPS) is 13.3. The van der Waals surface area contributed by atoms with Crippen LogP contribution in [-0.4, -0.2) is 126 Å². The van der Waals surface area contributed by atoms with Gasteiger partial charge in [-0.1, -0.05) is 84.3 Å². The van der Waals surface area contributed by atoms with Gasteiger partial charge in [-0.25, -0.2) is 4.79 Å². The van der Waals surface area contributed by atoms with Gasteiger partial charge >= 0.3 is 5.97 Å². The zero-order chi connectivity index (χ0) is 40.1. The molecular weight excluding hydrogens is 698 g/mol. The highest BCUT2D eigenvalue weighted by molar-refractivity contribution is 6.11. The third-order valence-electron chi connectivity index (χ3n) is 8.60. The lowest BCUT2D eigenvalue weighted by Crippen LogP contribution is -2.61. The van der Waals surface area contributed by atoms with E-state index >= 15 is 0 Å². The van der Waals surface area contributed by atoms with Crippen LogP contribution in [0, 0.1) is 5.92 Å². The second kappa shape index (κ2) is 36.2. The number of allylic oxidation sites excluding steroid dienone is 2. The summed E-state index contributed by atoms with van der Waals surface area (Å²) >= 11 is 0. The first-order valence-electron chi connectivity index (χ1n) is 20.3. The molecule has 0 aliphatic carbocycles. The zero-order valence-corrected chi connectivity index (χ0v) is 34.0. The molecule has 2 amide bonds. The Morgan fingerprint density at radius 3 is 1.54 bits per heavy atom. The molecule has 0 saturated heterocycles. The predicted molar refractivity (Wildman–Crippen MR) is 209 cm³/mol. The molecule has 0 radical (unpaired) electrons. The third-order valence-corrected chi connectivity index (χ3v) is 8.60. The van der Waals surface area contributed by atoms with Gasteiger partial charge in [0.25, 0.3) is 0 Å². The summed E-state index contributed by atoms with van der Waals surface area (Å²) in [5.74, 6) is -3.05. The number of unbranched alkanes of at least 4 members (excludes halogenated alkanes) is 11. The molecule has 0 aromatic carbocycles. The quantitative estimate of drug-likeness (QED) is 0.0380. The average molecular weight is 774 g/mol. The minimum Gasteiger partial charge on any atom is -0.480 e. The summed E-state index contributed by atoms with van der Waals surface area (Å²) in [7, 11) is 0. The molecule has 0 aliphatic heterocycles. The molecular formula is C40H75N3O11. The number of ether oxygens (including phenoxy) is 6. The number of nitrogens with two attached hydrogens (primary N) is 1. The molecule has 5 N–H and O–H groups in total. The third kappa shape index (κ3) is 30.8. The Kier molecular flexibility index (Phi) is 34.5. The van der Waals surface area contributed by atoms with Crippen LogP contribution < -0.4 is 16.4 Å². The standard InChI is InChI=1S/C40H75N3O11/c1-5-6-7-8-9-10-11-12-13-14-15-16-17-18-19-20-36(45)42-21-22-49-23-24-50-25-26-51-27-28-52-29-30-53-31-32-54-33-35(44)40(4,41)39(48)43-37(34(2)3)38(46)47/h12-13,34,37H,5-11,14-33,41H2,1-4H3,(H,42,45)(H,43,48)(H,46,47)/b13-12-/t37-,40+/m0/s1. The largest absolute Gasteiger partial charge is 0.480 e. The smallest absolute Gasteiger partial charge is 0.326 e. The minimum absolute atomic E-state index is 0.0829. The lowest BCUT2D eigenvalue weighted by Gasteiger charge is -2.26. The second-order valence-corrected chi connectivity index (χ2v) is 14.0. The van der Waals surface area contributed by atoms with Gasteiger partial charge in [0.1, 0.15) is 12.6 Å². The van der Waals surface area contributed by atoms with Crippen molar-refractivity contribution in [3.63, 3.8) is 0 Å². The Balaban J connectivity index is 3.44. The van der Waals surface area contributed by atoms with Crippen molar-refractivity contribution in [3.05, 3.63) is 12.2 Å². The van der Waals surface area contributed by atoms with Gasteiger partial charge in [0.2, 0.25) is 11.8 Å². The lowest BCUT2D eigenvalue weighted by molar-refractivity contribution is -0.146. The number of aliphatic carboxylic acids is 1. The molecule has 54 heavy (non-hydrogen) atoms. The van der Waals surface area contributed by atoms with Crippen LogP contribution >= 0.6 is 0 Å². The molecule has 0 heterocycles. The molecule has 2 atom stereocenters. The van der Waals surface area contributed by atoms with Crippen molar-refractivity contribution in [2.75, 3.05) is 85.8 Å². The molecule has 316 valence electrons. The van der Waals surface area contributed by atoms with Crippen molar-refractivity contribution >= 4 is 23.6 Å². The van der Waals surface area contributed by atoms with Crippen LogP contribution in [-0.2, 0) is 47.6 Å². The topological polar surface area (TPSA) is 194 Å². The Labute approximate surface area is 325 Å². The molecule has 0 bridgehead atoms. The molecule has 0 spiro atoms. The van der Waals surface area contributed by atoms with E-state index < -0.39 is 35.8 Å². The van der Waals surface area contributed by atoms with E-state index in [-0.39, 0.29) is 25.0 Å². The fourth-order valence-electron chi connectivity index (χ4n) is 5.05. The number of ketones is 1. The molecule has 14 heteroatoms. The number of carboxylic acid groups (broad SMARTS) is 1. The van der Waals surface area contributed by atoms with Crippen LogP contribution in [0.1, 0.15) is 118 Å². The Hall–Kier alpha value is -2.46. The number of nitrogens with one attached hydrogen (secondary N) is 2. The van der Waals surface area contributed by atoms with Gasteiger partial charge in [-0.15, -0.1) is 0 Å². The minimum atomic E-state index is -1.93. The summed E-state index contributed by atoms with van der Waals surface area (Å²) in [6.07, 6.45) is 21.4. The van der Waals surface area contributed by atoms with Crippen molar-refractivity contribution < 1.29 is 52.7 Å². The molecule has 14 nitrogen and oxygen atoms in total. The van der Waals surface area contributed by atoms with Gasteiger partial charge in [-0.2, -0.15) is 0 Å². The van der Waals surface area contributed by atoms with Crippen molar-refractivity contribution in [3.8, 4) is 0 Å². The van der Waals surface area contributed by atoms with E-state index in [1.165, 1.54) is 77.6 Å². The van der Waals surface area contributed by atoms with Crippen molar-refractivity contribution in [1.29, 1.82) is 0 Å². The number of carbonyl (C=O) groups is 4. The number of carboxylic acids is 1. The van der Waals surface area contributed by atoms with E-state index in [1.807, 2.05) is 0 Å². The number of rotatable bonds is 40. The maximum Gasteiger partial charge on any atom is 0.326 e. The van der Waals surface area contributed by atoms with Gasteiger partial charge in [0, 0.05) is 13.0 Å². The SMILES string of the molecule is CCCCCCCC/C=C\CCCCCCCC(=O)NCCOCCOCCOCCOCCOCCOCC(=O)[C@@](C)(N)C(=O)N[C@H](C(=O)O)C(C)C. The van der Waals surface area contributed by atoms with Crippen LogP contribution in [0.15, 0.2) is 12.2 Å². The summed E-state index contributed by atoms with van der Waals surface area (Å²) in [6.45, 7) is 10.9. The van der Waals surface area contributed by atoms with Gasteiger partial charge in [-0.3, -0.25) is 14.4 Å². The Bertz CT molecular complexity index is 979. The van der Waals surface area contributed by atoms with Crippen LogP contribution in [0.25, 0.3) is 0 Å². The van der Waals surface area contributed by atoms with E-state index in [2.05, 4.69) is 29.7 Å². The number of carbonyl (C=O) groups excluding carboxylic acids is 3. The molecule has 0 aromatic rings. The fraction of sp³-hybridized carbons (Fsp3) is 0.850. The van der Waals surface area contributed by atoms with E-state index in [0.717, 1.165) is 12.8 Å². The zero-order valence-electron chi connectivity index (χ0n) is 34.0. The van der Waals surface area contributed by atoms with E-state index in [0.29, 0.717) is 72.4 Å². The highest BCUT2D eigenvalue weighted by Crippen LogP contribution is 2.10. The first kappa shape index (κ1) is 51.5. The molecule has 0 unspecified atom stereocenters. The molecule has 0 rings (SSSR count). The first-order chi connectivity index (χ1) is 26.0. The number of hydrogen-bond donors (Lipinski definition) is 4. The molecule has 0 fully saturated rings. The van der Waals surface area contributed by atoms with Crippen molar-refractivity contribution in [1.82, 2.24) is 10.6 Å². The van der Waals surface area contributed by atoms with Gasteiger partial charge in [0.15, 0.2) is 11.3 Å². The number of hydrogen-bond acceptors (Lipinski definition) is 11. The van der Waals surface area contributed by atoms with E-state index in [9.17, 15) is 24.3 Å². The maximum atomic E-state index is 12.4. The molecule has 0 saturated carbocycles. The summed E-state index contributed by atoms with van der Waals surface area (Å²) in [5, 5.41) is 14.4. The van der Waals surface area contributed by atoms with Gasteiger partial charge in [0.05, 0.1) is 72.7 Å². The Morgan fingerprint density at radius 2 is 1.07 bits per heavy atom. The van der Waals surface area contributed by atoms with E-state index in [1.54, 1.807) is 13.8 Å². The summed E-state index contributed by atoms with van der Waals surface area (Å²) in [6, 6.07) is -1.16.